The van der Waals surface area contributed by atoms with Gasteiger partial charge >= 0.3 is 0 Å². The van der Waals surface area contributed by atoms with E-state index >= 15 is 0 Å². The second-order valence-electron chi connectivity index (χ2n) is 26.3. The van der Waals surface area contributed by atoms with Crippen molar-refractivity contribution >= 4 is 50.4 Å². The summed E-state index contributed by atoms with van der Waals surface area (Å²) in [6, 6.07) is 16.5. The highest BCUT2D eigenvalue weighted by atomic mass is 16.5. The van der Waals surface area contributed by atoms with Crippen molar-refractivity contribution in [1.29, 1.82) is 0 Å². The van der Waals surface area contributed by atoms with Gasteiger partial charge < -0.3 is 31.6 Å². The number of aromatic amines is 3. The van der Waals surface area contributed by atoms with Crippen LogP contribution in [0.25, 0.3) is 101 Å². The first kappa shape index (κ1) is 69.8. The number of morpholine rings is 2. The molecule has 9 N–H and O–H groups in total. The summed E-state index contributed by atoms with van der Waals surface area (Å²) in [6.07, 6.45) is 10.7. The number of hydrogen-bond acceptors (Lipinski definition) is 20. The van der Waals surface area contributed by atoms with E-state index in [1.807, 2.05) is 100 Å². The minimum Gasteiger partial charge on any atom is -0.379 e. The lowest BCUT2D eigenvalue weighted by Crippen LogP contribution is -2.46. The number of likely N-dealkylation sites (tertiary alicyclic amines) is 1. The molecule has 3 aliphatic heterocycles. The number of aromatic nitrogens is 21. The number of ether oxygens (including phenoxy) is 2. The molecule has 0 spiro atoms. The van der Waals surface area contributed by atoms with Crippen LogP contribution < -0.4 is 17.2 Å². The molecule has 12 aromatic rings. The average molecular weight is 1390 g/mol. The number of nitrogens with one attached hydrogen (secondary N) is 3. The molecule has 9 aromatic heterocycles. The average Bonchev–Trinajstić information content (AvgIpc) is 1.59. The Bertz CT molecular complexity index is 4930. The molecule has 0 unspecified atom stereocenters. The summed E-state index contributed by atoms with van der Waals surface area (Å²) >= 11 is 0. The van der Waals surface area contributed by atoms with E-state index in [-0.39, 0.29) is 12.2 Å². The van der Waals surface area contributed by atoms with Gasteiger partial charge in [-0.3, -0.25) is 67.6 Å². The number of H-pyrrole nitrogens is 3. The predicted molar refractivity (Wildman–Crippen MR) is 384 cm³/mol. The molecule has 0 bridgehead atoms. The van der Waals surface area contributed by atoms with Crippen LogP contribution in [0.15, 0.2) is 73.2 Å². The summed E-state index contributed by atoms with van der Waals surface area (Å²) in [5, 5.41) is 52.3. The van der Waals surface area contributed by atoms with E-state index in [0.29, 0.717) is 82.4 Å². The van der Waals surface area contributed by atoms with Crippen LogP contribution in [0.5, 0.6) is 0 Å². The first-order valence-electron chi connectivity index (χ1n) is 35.1. The number of rotatable bonds is 22. The van der Waals surface area contributed by atoms with Crippen LogP contribution in [-0.2, 0) is 48.7 Å². The van der Waals surface area contributed by atoms with Gasteiger partial charge in [0.25, 0.3) is 0 Å². The number of benzene rings is 3. The Balaban J connectivity index is 0.000000137. The number of carbonyl (C=O) groups excluding carboxylic acids is 3. The van der Waals surface area contributed by atoms with Gasteiger partial charge in [0.05, 0.1) is 90.7 Å². The number of fused-ring (bicyclic) bond motifs is 3. The summed E-state index contributed by atoms with van der Waals surface area (Å²) in [5.74, 6) is 1.81. The maximum Gasteiger partial charge on any atom is 0.248 e. The van der Waals surface area contributed by atoms with Crippen LogP contribution in [0.3, 0.4) is 0 Å². The van der Waals surface area contributed by atoms with E-state index in [1.54, 1.807) is 42.7 Å². The molecule has 0 saturated carbocycles. The number of aryl methyl sites for hydroxylation is 7. The molecular weight excluding hydrogens is 1300 g/mol. The molecule has 15 rings (SSSR count). The molecular formula is C70H89N27O5. The van der Waals surface area contributed by atoms with Gasteiger partial charge in [-0.15, -0.1) is 0 Å². The Morgan fingerprint density at radius 2 is 0.814 bits per heavy atom. The summed E-state index contributed by atoms with van der Waals surface area (Å²) < 4.78 is 22.7. The van der Waals surface area contributed by atoms with Gasteiger partial charge in [0, 0.05) is 115 Å². The van der Waals surface area contributed by atoms with Crippen LogP contribution in [0.2, 0.25) is 0 Å². The highest BCUT2D eigenvalue weighted by molar-refractivity contribution is 6.04. The van der Waals surface area contributed by atoms with Gasteiger partial charge in [0.1, 0.15) is 17.1 Å². The number of nitrogens with two attached hydrogens (primary N) is 3. The minimum atomic E-state index is -0.507. The fraction of sp³-hybridized carbons (Fsp3) is 0.443. The van der Waals surface area contributed by atoms with Gasteiger partial charge in [-0.2, -0.15) is 45.9 Å². The van der Waals surface area contributed by atoms with Crippen molar-refractivity contribution in [3.8, 4) is 68.7 Å². The number of hydrogen-bond donors (Lipinski definition) is 6. The fourth-order valence-electron chi connectivity index (χ4n) is 13.9. The number of nitrogens with zero attached hydrogens (tertiary/aromatic N) is 21. The van der Waals surface area contributed by atoms with Gasteiger partial charge in [-0.05, 0) is 149 Å². The Labute approximate surface area is 588 Å². The maximum atomic E-state index is 12.2. The van der Waals surface area contributed by atoms with E-state index in [9.17, 15) is 14.4 Å². The quantitative estimate of drug-likeness (QED) is 0.0413. The van der Waals surface area contributed by atoms with Crippen molar-refractivity contribution in [3.63, 3.8) is 0 Å². The third-order valence-electron chi connectivity index (χ3n) is 18.8. The zero-order chi connectivity index (χ0) is 71.3. The summed E-state index contributed by atoms with van der Waals surface area (Å²) in [5.41, 5.74) is 28.2. The molecule has 0 aliphatic carbocycles. The number of carbonyl (C=O) groups is 3. The van der Waals surface area contributed by atoms with Crippen LogP contribution in [0.4, 0.5) is 0 Å². The van der Waals surface area contributed by atoms with Crippen molar-refractivity contribution in [3.05, 3.63) is 107 Å². The van der Waals surface area contributed by atoms with Gasteiger partial charge in [-0.1, -0.05) is 6.42 Å². The molecule has 3 fully saturated rings. The van der Waals surface area contributed by atoms with Gasteiger partial charge in [0.15, 0.2) is 34.9 Å². The topological polar surface area (TPSA) is 389 Å². The third-order valence-corrected chi connectivity index (χ3v) is 18.8. The first-order valence-corrected chi connectivity index (χ1v) is 35.1. The van der Waals surface area contributed by atoms with Crippen molar-refractivity contribution < 1.29 is 23.9 Å². The highest BCUT2D eigenvalue weighted by Gasteiger charge is 2.26. The lowest BCUT2D eigenvalue weighted by atomic mass is 10.0. The zero-order valence-electron chi connectivity index (χ0n) is 59.1. The lowest BCUT2D eigenvalue weighted by Gasteiger charge is -2.35. The van der Waals surface area contributed by atoms with E-state index in [0.717, 1.165) is 158 Å². The standard InChI is InChI=1S/C24H31N9O2.C24H31N9O.C22H27N9O2/c1-5-32-21(8-14(2)30-32)24-27-23(28-29-24)18-9-17(22(25)34)10-20-19(18)11-26-33(20)7-6-31-12-15(3)35-16(4)13-31;1-3-32-21(12-16(2)30-32)24-27-23(28-29-24)18-13-17(22(25)34)14-20-19(18)15-26-33(20)11-7-10-31-8-5-4-6-9-31;1-3-30-19(10-14(2)28-30)22-25-21(26-27-22)16-11-15(20(23)32)12-18-17(16)13-24-31(18)5-4-29-6-8-33-9-7-29/h8-11,15-16H,5-7,12-13H2,1-4H3,(H2,25,34)(H,27,28,29);12-15H,3-11H2,1-2H3,(H2,25,34)(H,27,28,29);10-13H,3-9H2,1-2H3,(H2,23,32)(H,25,26,27)/t15-,16+;;. The Morgan fingerprint density at radius 1 is 0.451 bits per heavy atom. The van der Waals surface area contributed by atoms with Gasteiger partial charge in [-0.25, -0.2) is 15.0 Å². The maximum absolute atomic E-state index is 12.2. The summed E-state index contributed by atoms with van der Waals surface area (Å²) in [7, 11) is 0. The predicted octanol–water partition coefficient (Wildman–Crippen LogP) is 6.65. The molecule has 3 aliphatic rings. The first-order chi connectivity index (χ1) is 49.4. The van der Waals surface area contributed by atoms with E-state index in [1.165, 1.54) is 32.4 Å². The molecule has 3 aromatic carbocycles. The molecule has 102 heavy (non-hydrogen) atoms. The Hall–Kier alpha value is -10.7. The summed E-state index contributed by atoms with van der Waals surface area (Å²) in [4.78, 5) is 57.8. The van der Waals surface area contributed by atoms with Crippen LogP contribution >= 0.6 is 0 Å². The fourth-order valence-corrected chi connectivity index (χ4v) is 13.9. The number of primary amides is 3. The second-order valence-corrected chi connectivity index (χ2v) is 26.3. The van der Waals surface area contributed by atoms with Gasteiger partial charge in [0.2, 0.25) is 17.7 Å². The Kier molecular flexibility index (Phi) is 21.0. The zero-order valence-corrected chi connectivity index (χ0v) is 59.1. The molecule has 32 heteroatoms. The van der Waals surface area contributed by atoms with Crippen LogP contribution in [0, 0.1) is 20.8 Å². The van der Waals surface area contributed by atoms with Crippen molar-refractivity contribution in [1.82, 2.24) is 119 Å². The molecule has 32 nitrogen and oxygen atoms in total. The third kappa shape index (κ3) is 15.3. The lowest BCUT2D eigenvalue weighted by molar-refractivity contribution is -0.0686. The van der Waals surface area contributed by atoms with Crippen molar-refractivity contribution in [2.75, 3.05) is 72.1 Å². The molecule has 0 radical (unpaired) electrons. The van der Waals surface area contributed by atoms with Crippen LogP contribution in [0.1, 0.15) is 108 Å². The largest absolute Gasteiger partial charge is 0.379 e. The van der Waals surface area contributed by atoms with E-state index in [4.69, 9.17) is 41.6 Å². The van der Waals surface area contributed by atoms with E-state index < -0.39 is 17.7 Å². The SMILES string of the molecule is CCn1nc(C)cc1-c1nc(-c2cc(C(N)=O)cc3c2cnn3CCCN2CCCCC2)n[nH]1.CCn1nc(C)cc1-c1nc(-c2cc(C(N)=O)cc3c2cnn3CCN2CCOCC2)n[nH]1.CCn1nc(C)cc1-c1nc(-c2cc(C(N)=O)cc3c2cnn3CCN2C[C@@H](C)O[C@@H](C)C2)n[nH]1. The van der Waals surface area contributed by atoms with Crippen LogP contribution in [-0.4, -0.2) is 221 Å². The highest BCUT2D eigenvalue weighted by Crippen LogP contribution is 2.34. The smallest absolute Gasteiger partial charge is 0.248 e. The van der Waals surface area contributed by atoms with Crippen molar-refractivity contribution in [2.24, 2.45) is 17.2 Å². The monoisotopic (exact) mass is 1390 g/mol. The minimum absolute atomic E-state index is 0.203. The number of amides is 3. The number of piperidine rings is 1. The second kappa shape index (κ2) is 30.7. The molecule has 534 valence electrons. The summed E-state index contributed by atoms with van der Waals surface area (Å²) in [6.45, 7) is 30.6. The molecule has 3 amide bonds. The molecule has 3 saturated heterocycles. The normalized spacial score (nSPS) is 16.2. The van der Waals surface area contributed by atoms with Crippen molar-refractivity contribution in [2.45, 2.75) is 133 Å². The molecule has 12 heterocycles. The Morgan fingerprint density at radius 3 is 1.19 bits per heavy atom. The van der Waals surface area contributed by atoms with E-state index in [2.05, 4.69) is 89.7 Å². The molecule has 2 atom stereocenters.